The second-order valence-electron chi connectivity index (χ2n) is 5.56. The van der Waals surface area contributed by atoms with Gasteiger partial charge in [-0.2, -0.15) is 0 Å². The standard InChI is InChI=1S/C22H16N2/c1-3-9-17(10-4-1)15-16-21-19-13-7-8-14-20(19)23-22(24-21)18-11-5-2-6-12-18/h1-16H. The van der Waals surface area contributed by atoms with Crippen molar-refractivity contribution in [2.24, 2.45) is 0 Å². The molecule has 0 aliphatic rings. The third-order valence-corrected chi connectivity index (χ3v) is 3.90. The third-order valence-electron chi connectivity index (χ3n) is 3.90. The maximum atomic E-state index is 4.79. The molecule has 0 bridgehead atoms. The number of benzene rings is 3. The first kappa shape index (κ1) is 14.3. The van der Waals surface area contributed by atoms with Crippen molar-refractivity contribution in [1.29, 1.82) is 0 Å². The fourth-order valence-electron chi connectivity index (χ4n) is 2.68. The minimum Gasteiger partial charge on any atom is -0.228 e. The van der Waals surface area contributed by atoms with E-state index in [0.29, 0.717) is 0 Å². The lowest BCUT2D eigenvalue weighted by molar-refractivity contribution is 1.21. The summed E-state index contributed by atoms with van der Waals surface area (Å²) < 4.78 is 0. The molecular formula is C22H16N2. The number of hydrogen-bond acceptors (Lipinski definition) is 2. The Morgan fingerprint density at radius 2 is 1.25 bits per heavy atom. The minimum absolute atomic E-state index is 0.752. The maximum Gasteiger partial charge on any atom is 0.160 e. The van der Waals surface area contributed by atoms with Crippen LogP contribution in [-0.2, 0) is 0 Å². The molecule has 0 saturated carbocycles. The van der Waals surface area contributed by atoms with Gasteiger partial charge in [-0.1, -0.05) is 84.9 Å². The smallest absolute Gasteiger partial charge is 0.160 e. The van der Waals surface area contributed by atoms with Gasteiger partial charge in [0.25, 0.3) is 0 Å². The van der Waals surface area contributed by atoms with Gasteiger partial charge in [-0.05, 0) is 17.7 Å². The van der Waals surface area contributed by atoms with Crippen LogP contribution in [0.2, 0.25) is 0 Å². The van der Waals surface area contributed by atoms with Crippen LogP contribution in [0, 0.1) is 0 Å². The Morgan fingerprint density at radius 1 is 0.583 bits per heavy atom. The van der Waals surface area contributed by atoms with E-state index in [1.807, 2.05) is 66.7 Å². The van der Waals surface area contributed by atoms with E-state index in [9.17, 15) is 0 Å². The third kappa shape index (κ3) is 2.95. The van der Waals surface area contributed by atoms with Crippen molar-refractivity contribution in [3.05, 3.63) is 96.2 Å². The van der Waals surface area contributed by atoms with Crippen LogP contribution in [0.1, 0.15) is 11.3 Å². The summed E-state index contributed by atoms with van der Waals surface area (Å²) in [5, 5.41) is 1.06. The molecule has 0 fully saturated rings. The molecule has 0 saturated heterocycles. The lowest BCUT2D eigenvalue weighted by Gasteiger charge is -2.06. The summed E-state index contributed by atoms with van der Waals surface area (Å²) in [6, 6.07) is 28.5. The summed E-state index contributed by atoms with van der Waals surface area (Å²) >= 11 is 0. The fourth-order valence-corrected chi connectivity index (χ4v) is 2.68. The van der Waals surface area contributed by atoms with Crippen LogP contribution in [0.5, 0.6) is 0 Å². The summed E-state index contributed by atoms with van der Waals surface area (Å²) in [6.45, 7) is 0. The highest BCUT2D eigenvalue weighted by Crippen LogP contribution is 2.23. The van der Waals surface area contributed by atoms with E-state index in [4.69, 9.17) is 9.97 Å². The molecule has 24 heavy (non-hydrogen) atoms. The van der Waals surface area contributed by atoms with E-state index < -0.39 is 0 Å². The Labute approximate surface area is 141 Å². The second kappa shape index (κ2) is 6.47. The number of para-hydroxylation sites is 1. The molecule has 4 aromatic rings. The van der Waals surface area contributed by atoms with Crippen LogP contribution >= 0.6 is 0 Å². The Bertz CT molecular complexity index is 990. The Hall–Kier alpha value is -3.26. The van der Waals surface area contributed by atoms with Gasteiger partial charge in [0.15, 0.2) is 5.82 Å². The van der Waals surface area contributed by atoms with Gasteiger partial charge >= 0.3 is 0 Å². The summed E-state index contributed by atoms with van der Waals surface area (Å²) in [6.07, 6.45) is 4.15. The highest BCUT2D eigenvalue weighted by Gasteiger charge is 2.07. The molecule has 114 valence electrons. The van der Waals surface area contributed by atoms with E-state index in [1.54, 1.807) is 0 Å². The molecule has 0 atom stereocenters. The van der Waals surface area contributed by atoms with Crippen molar-refractivity contribution in [2.45, 2.75) is 0 Å². The summed E-state index contributed by atoms with van der Waals surface area (Å²) in [7, 11) is 0. The summed E-state index contributed by atoms with van der Waals surface area (Å²) in [4.78, 5) is 9.50. The first-order valence-corrected chi connectivity index (χ1v) is 7.95. The van der Waals surface area contributed by atoms with Crippen LogP contribution in [-0.4, -0.2) is 9.97 Å². The van der Waals surface area contributed by atoms with Gasteiger partial charge in [0.1, 0.15) is 0 Å². The molecule has 1 heterocycles. The molecule has 0 aliphatic heterocycles. The van der Waals surface area contributed by atoms with Crippen molar-refractivity contribution in [3.8, 4) is 11.4 Å². The number of nitrogens with zero attached hydrogens (tertiary/aromatic N) is 2. The van der Waals surface area contributed by atoms with E-state index >= 15 is 0 Å². The van der Waals surface area contributed by atoms with Gasteiger partial charge in [-0.25, -0.2) is 9.97 Å². The van der Waals surface area contributed by atoms with Crippen molar-refractivity contribution in [1.82, 2.24) is 9.97 Å². The number of fused-ring (bicyclic) bond motifs is 1. The molecule has 0 amide bonds. The normalized spacial score (nSPS) is 11.2. The van der Waals surface area contributed by atoms with E-state index in [-0.39, 0.29) is 0 Å². The number of aromatic nitrogens is 2. The summed E-state index contributed by atoms with van der Waals surface area (Å²) in [5.74, 6) is 0.752. The highest BCUT2D eigenvalue weighted by molar-refractivity contribution is 5.90. The zero-order valence-electron chi connectivity index (χ0n) is 13.1. The topological polar surface area (TPSA) is 25.8 Å². The van der Waals surface area contributed by atoms with Gasteiger partial charge in [-0.15, -0.1) is 0 Å². The van der Waals surface area contributed by atoms with Crippen molar-refractivity contribution >= 4 is 23.1 Å². The molecule has 0 aliphatic carbocycles. The minimum atomic E-state index is 0.752. The largest absolute Gasteiger partial charge is 0.228 e. The van der Waals surface area contributed by atoms with E-state index in [1.165, 1.54) is 0 Å². The average molecular weight is 308 g/mol. The van der Waals surface area contributed by atoms with Crippen LogP contribution in [0.4, 0.5) is 0 Å². The lowest BCUT2D eigenvalue weighted by atomic mass is 10.1. The van der Waals surface area contributed by atoms with Crippen molar-refractivity contribution in [3.63, 3.8) is 0 Å². The molecule has 1 aromatic heterocycles. The number of hydrogen-bond donors (Lipinski definition) is 0. The molecule has 0 radical (unpaired) electrons. The van der Waals surface area contributed by atoms with Gasteiger partial charge in [0.2, 0.25) is 0 Å². The molecule has 0 unspecified atom stereocenters. The SMILES string of the molecule is C(=Cc1nc(-c2ccccc2)nc2ccccc12)c1ccccc1. The van der Waals surface area contributed by atoms with Crippen molar-refractivity contribution in [2.75, 3.05) is 0 Å². The molecule has 2 heteroatoms. The predicted molar refractivity (Wildman–Crippen MR) is 100 cm³/mol. The van der Waals surface area contributed by atoms with Crippen molar-refractivity contribution < 1.29 is 0 Å². The highest BCUT2D eigenvalue weighted by atomic mass is 14.9. The maximum absolute atomic E-state index is 4.79. The molecule has 4 rings (SSSR count). The Morgan fingerprint density at radius 3 is 2.04 bits per heavy atom. The Balaban J connectivity index is 1.85. The lowest BCUT2D eigenvalue weighted by Crippen LogP contribution is -1.94. The fraction of sp³-hybridized carbons (Fsp3) is 0. The molecule has 0 N–H and O–H groups in total. The predicted octanol–water partition coefficient (Wildman–Crippen LogP) is 5.47. The van der Waals surface area contributed by atoms with E-state index in [0.717, 1.165) is 33.5 Å². The van der Waals surface area contributed by atoms with Crippen LogP contribution in [0.15, 0.2) is 84.9 Å². The van der Waals surface area contributed by atoms with Crippen LogP contribution in [0.25, 0.3) is 34.4 Å². The van der Waals surface area contributed by atoms with Gasteiger partial charge in [-0.3, -0.25) is 0 Å². The summed E-state index contributed by atoms with van der Waals surface area (Å²) in [5.41, 5.74) is 4.07. The van der Waals surface area contributed by atoms with Gasteiger partial charge in [0, 0.05) is 10.9 Å². The molecule has 2 nitrogen and oxygen atoms in total. The van der Waals surface area contributed by atoms with E-state index in [2.05, 4.69) is 30.4 Å². The Kier molecular flexibility index (Phi) is 3.86. The quantitative estimate of drug-likeness (QED) is 0.501. The molecule has 0 spiro atoms. The van der Waals surface area contributed by atoms with Gasteiger partial charge in [0.05, 0.1) is 11.2 Å². The second-order valence-corrected chi connectivity index (χ2v) is 5.56. The molecule has 3 aromatic carbocycles. The van der Waals surface area contributed by atoms with Gasteiger partial charge < -0.3 is 0 Å². The first-order chi connectivity index (χ1) is 11.9. The zero-order valence-corrected chi connectivity index (χ0v) is 13.1. The average Bonchev–Trinajstić information content (AvgIpc) is 2.67. The van der Waals surface area contributed by atoms with Crippen LogP contribution in [0.3, 0.4) is 0 Å². The first-order valence-electron chi connectivity index (χ1n) is 7.95. The van der Waals surface area contributed by atoms with Crippen LogP contribution < -0.4 is 0 Å². The monoisotopic (exact) mass is 308 g/mol. The zero-order chi connectivity index (χ0) is 16.2. The molecular weight excluding hydrogens is 292 g/mol. The number of rotatable bonds is 3.